The molecule has 0 aromatic carbocycles. The molecule has 82 valence electrons. The van der Waals surface area contributed by atoms with Crippen LogP contribution in [0.15, 0.2) is 20.8 Å². The van der Waals surface area contributed by atoms with Crippen molar-refractivity contribution in [3.05, 3.63) is 20.8 Å². The molecule has 0 heterocycles. The van der Waals surface area contributed by atoms with Gasteiger partial charge in [0.25, 0.3) is 0 Å². The Labute approximate surface area is 96.2 Å². The Bertz CT molecular complexity index is 248. The number of allylic oxidation sites excluding steroid dienone is 4. The second-order valence-corrected chi connectivity index (χ2v) is 10.6. The van der Waals surface area contributed by atoms with Crippen molar-refractivity contribution in [1.29, 1.82) is 0 Å². The van der Waals surface area contributed by atoms with Crippen LogP contribution in [0.2, 0.25) is 0 Å². The van der Waals surface area contributed by atoms with Gasteiger partial charge in [0.15, 0.2) is 0 Å². The fourth-order valence-corrected chi connectivity index (χ4v) is 7.48. The van der Waals surface area contributed by atoms with E-state index in [0.29, 0.717) is 0 Å². The topological polar surface area (TPSA) is 0 Å². The van der Waals surface area contributed by atoms with Gasteiger partial charge in [0.2, 0.25) is 0 Å². The van der Waals surface area contributed by atoms with E-state index in [0.717, 1.165) is 0 Å². The summed E-state index contributed by atoms with van der Waals surface area (Å²) in [6.45, 7) is 9.29. The fourth-order valence-electron chi connectivity index (χ4n) is 1.80. The van der Waals surface area contributed by atoms with Crippen LogP contribution in [-0.4, -0.2) is 8.86 Å². The van der Waals surface area contributed by atoms with Crippen molar-refractivity contribution in [3.63, 3.8) is 0 Å². The number of halogens is 1. The average molecular weight is 306 g/mol. The monoisotopic (exact) mass is 306 g/mol. The van der Waals surface area contributed by atoms with Crippen LogP contribution in [0.5, 0.6) is 0 Å². The average Bonchev–Trinajstić information content (AvgIpc) is 2.19. The molecule has 1 aliphatic rings. The first-order valence-electron chi connectivity index (χ1n) is 5.67. The summed E-state index contributed by atoms with van der Waals surface area (Å²) in [7, 11) is 0. The third-order valence-corrected chi connectivity index (χ3v) is 9.90. The predicted molar refractivity (Wildman–Crippen MR) is 75.4 cm³/mol. The van der Waals surface area contributed by atoms with Gasteiger partial charge in [-0.3, -0.25) is 0 Å². The van der Waals surface area contributed by atoms with E-state index in [4.69, 9.17) is 0 Å². The van der Waals surface area contributed by atoms with Crippen LogP contribution in [0.1, 0.15) is 47.0 Å². The van der Waals surface area contributed by atoms with Gasteiger partial charge < -0.3 is 0 Å². The summed E-state index contributed by atoms with van der Waals surface area (Å²) in [6.07, 6.45) is 6.61. The first-order valence-corrected chi connectivity index (χ1v) is 9.80. The summed E-state index contributed by atoms with van der Waals surface area (Å²) in [5.74, 6) is 0. The van der Waals surface area contributed by atoms with Crippen LogP contribution in [0.25, 0.3) is 0 Å². The maximum absolute atomic E-state index is 2.52. The summed E-state index contributed by atoms with van der Waals surface area (Å²) in [4.78, 5) is 0. The van der Waals surface area contributed by atoms with E-state index in [1.807, 2.05) is 3.58 Å². The Balaban J connectivity index is 2.72. The van der Waals surface area contributed by atoms with E-state index < -0.39 is 19.8 Å². The zero-order valence-electron chi connectivity index (χ0n) is 9.99. The van der Waals surface area contributed by atoms with E-state index in [-0.39, 0.29) is 0 Å². The quantitative estimate of drug-likeness (QED) is 0.510. The van der Waals surface area contributed by atoms with Gasteiger partial charge in [0, 0.05) is 0 Å². The number of hydrogen-bond donors (Lipinski definition) is 0. The number of hydrogen-bond acceptors (Lipinski definition) is 0. The van der Waals surface area contributed by atoms with Crippen molar-refractivity contribution < 1.29 is 0 Å². The molecular weight excluding hydrogens is 283 g/mol. The molecule has 0 nitrogen and oxygen atoms in total. The van der Waals surface area contributed by atoms with Crippen molar-refractivity contribution in [3.8, 4) is 0 Å². The van der Waals surface area contributed by atoms with Gasteiger partial charge in [0.1, 0.15) is 0 Å². The molecule has 0 N–H and O–H groups in total. The minimum atomic E-state index is -0.710. The Morgan fingerprint density at radius 1 is 1.21 bits per heavy atom. The van der Waals surface area contributed by atoms with Crippen LogP contribution in [-0.2, 0) is 0 Å². The molecule has 0 aromatic heterocycles. The van der Waals surface area contributed by atoms with E-state index >= 15 is 0 Å². The predicted octanol–water partition coefficient (Wildman–Crippen LogP) is 4.94. The molecule has 0 spiro atoms. The van der Waals surface area contributed by atoms with Gasteiger partial charge in [-0.25, -0.2) is 0 Å². The standard InChI is InChI=1S/C13H23I/c1-5-9-14(6-2)13-8-7-11(3)12(4)10-13/h10H,5-9H2,1-4H3. The molecule has 0 radical (unpaired) electrons. The maximum atomic E-state index is 2.52. The first-order chi connectivity index (χ1) is 6.69. The van der Waals surface area contributed by atoms with E-state index in [2.05, 4.69) is 33.8 Å². The van der Waals surface area contributed by atoms with E-state index in [1.54, 1.807) is 11.1 Å². The normalized spacial score (nSPS) is 18.3. The second kappa shape index (κ2) is 5.94. The third kappa shape index (κ3) is 3.11. The minimum absolute atomic E-state index is 0.710. The summed E-state index contributed by atoms with van der Waals surface area (Å²) >= 11 is -0.710. The Morgan fingerprint density at radius 2 is 1.93 bits per heavy atom. The van der Waals surface area contributed by atoms with Gasteiger partial charge in [-0.15, -0.1) is 0 Å². The number of rotatable bonds is 4. The van der Waals surface area contributed by atoms with Crippen molar-refractivity contribution >= 4 is 19.8 Å². The molecule has 0 atom stereocenters. The Hall–Kier alpha value is 0.210. The molecule has 0 aliphatic heterocycles. The fraction of sp³-hybridized carbons (Fsp3) is 0.692. The second-order valence-electron chi connectivity index (χ2n) is 3.97. The molecule has 1 heteroatoms. The summed E-state index contributed by atoms with van der Waals surface area (Å²) in [6, 6.07) is 0. The molecule has 0 aromatic rings. The van der Waals surface area contributed by atoms with Crippen molar-refractivity contribution in [2.24, 2.45) is 0 Å². The van der Waals surface area contributed by atoms with Crippen LogP contribution >= 0.6 is 19.8 Å². The molecule has 1 rings (SSSR count). The van der Waals surface area contributed by atoms with Gasteiger partial charge in [-0.2, -0.15) is 0 Å². The first kappa shape index (κ1) is 12.3. The molecule has 0 fully saturated rings. The van der Waals surface area contributed by atoms with Crippen molar-refractivity contribution in [2.45, 2.75) is 47.0 Å². The van der Waals surface area contributed by atoms with Crippen LogP contribution in [0.3, 0.4) is 0 Å². The van der Waals surface area contributed by atoms with Crippen LogP contribution < -0.4 is 0 Å². The van der Waals surface area contributed by atoms with Gasteiger partial charge in [-0.05, 0) is 0 Å². The molecule has 1 aliphatic carbocycles. The molecule has 0 unspecified atom stereocenters. The molecule has 0 amide bonds. The van der Waals surface area contributed by atoms with Gasteiger partial charge >= 0.3 is 96.4 Å². The third-order valence-electron chi connectivity index (χ3n) is 2.87. The SMILES string of the molecule is CCCI(CC)C1=CC(C)=C(C)CC1. The molecule has 0 saturated heterocycles. The molecule has 0 bridgehead atoms. The van der Waals surface area contributed by atoms with Crippen molar-refractivity contribution in [1.82, 2.24) is 0 Å². The van der Waals surface area contributed by atoms with Crippen LogP contribution in [0.4, 0.5) is 0 Å². The van der Waals surface area contributed by atoms with Crippen molar-refractivity contribution in [2.75, 3.05) is 8.86 Å². The van der Waals surface area contributed by atoms with Crippen LogP contribution in [0, 0.1) is 0 Å². The Kier molecular flexibility index (Phi) is 5.21. The van der Waals surface area contributed by atoms with Gasteiger partial charge in [-0.1, -0.05) is 0 Å². The zero-order valence-corrected chi connectivity index (χ0v) is 12.1. The van der Waals surface area contributed by atoms with E-state index in [1.165, 1.54) is 28.1 Å². The summed E-state index contributed by atoms with van der Waals surface area (Å²) < 4.78 is 4.86. The molecule has 0 saturated carbocycles. The molecular formula is C13H23I. The Morgan fingerprint density at radius 3 is 2.43 bits per heavy atom. The van der Waals surface area contributed by atoms with Gasteiger partial charge in [0.05, 0.1) is 0 Å². The number of alkyl halides is 2. The van der Waals surface area contributed by atoms with E-state index in [9.17, 15) is 0 Å². The summed E-state index contributed by atoms with van der Waals surface area (Å²) in [5.41, 5.74) is 3.16. The summed E-state index contributed by atoms with van der Waals surface area (Å²) in [5, 5.41) is 0. The molecule has 14 heavy (non-hydrogen) atoms. The zero-order chi connectivity index (χ0) is 10.6.